The molecule has 0 bridgehead atoms. The fourth-order valence-electron chi connectivity index (χ4n) is 2.93. The first kappa shape index (κ1) is 14.8. The highest BCUT2D eigenvalue weighted by Crippen LogP contribution is 2.26. The SMILES string of the molecule is O=C(NCCCO)C1CCCN(c2ncnc3[nH]ccc23)C1. The first-order valence-corrected chi connectivity index (χ1v) is 7.71. The molecule has 7 heteroatoms. The van der Waals surface area contributed by atoms with E-state index in [0.717, 1.165) is 36.2 Å². The third kappa shape index (κ3) is 3.04. The van der Waals surface area contributed by atoms with Gasteiger partial charge in [-0.3, -0.25) is 4.79 Å². The molecule has 3 heterocycles. The van der Waals surface area contributed by atoms with Crippen LogP contribution in [0, 0.1) is 5.92 Å². The lowest BCUT2D eigenvalue weighted by atomic mass is 9.97. The number of fused-ring (bicyclic) bond motifs is 1. The maximum atomic E-state index is 12.2. The van der Waals surface area contributed by atoms with E-state index < -0.39 is 0 Å². The van der Waals surface area contributed by atoms with Gasteiger partial charge in [0.25, 0.3) is 0 Å². The van der Waals surface area contributed by atoms with Crippen LogP contribution < -0.4 is 10.2 Å². The number of nitrogens with zero attached hydrogens (tertiary/aromatic N) is 3. The second-order valence-corrected chi connectivity index (χ2v) is 5.59. The number of hydrogen-bond donors (Lipinski definition) is 3. The molecule has 2 aromatic rings. The number of rotatable bonds is 5. The standard InChI is InChI=1S/C15H21N5O2/c21-8-2-5-17-15(22)11-3-1-7-20(9-11)14-12-4-6-16-13(12)18-10-19-14/h4,6,10-11,21H,1-3,5,7-9H2,(H,17,22)(H,16,18,19). The number of aliphatic hydroxyl groups is 1. The lowest BCUT2D eigenvalue weighted by Gasteiger charge is -2.33. The van der Waals surface area contributed by atoms with E-state index in [-0.39, 0.29) is 18.4 Å². The topological polar surface area (TPSA) is 94.1 Å². The molecule has 1 aliphatic heterocycles. The summed E-state index contributed by atoms with van der Waals surface area (Å²) in [5.41, 5.74) is 0.819. The number of aromatic amines is 1. The van der Waals surface area contributed by atoms with Crippen LogP contribution in [-0.2, 0) is 4.79 Å². The Labute approximate surface area is 128 Å². The fourth-order valence-corrected chi connectivity index (χ4v) is 2.93. The van der Waals surface area contributed by atoms with Gasteiger partial charge in [-0.2, -0.15) is 0 Å². The van der Waals surface area contributed by atoms with Crippen LogP contribution in [0.5, 0.6) is 0 Å². The Balaban J connectivity index is 1.70. The number of aliphatic hydroxyl groups excluding tert-OH is 1. The van der Waals surface area contributed by atoms with Gasteiger partial charge in [0.2, 0.25) is 5.91 Å². The van der Waals surface area contributed by atoms with Gasteiger partial charge in [0.15, 0.2) is 0 Å². The van der Waals surface area contributed by atoms with E-state index in [2.05, 4.69) is 25.2 Å². The van der Waals surface area contributed by atoms with Crippen LogP contribution in [-0.4, -0.2) is 52.2 Å². The number of carbonyl (C=O) groups is 1. The molecule has 22 heavy (non-hydrogen) atoms. The van der Waals surface area contributed by atoms with Crippen LogP contribution >= 0.6 is 0 Å². The lowest BCUT2D eigenvalue weighted by molar-refractivity contribution is -0.125. The molecule has 0 spiro atoms. The van der Waals surface area contributed by atoms with Crippen LogP contribution in [0.4, 0.5) is 5.82 Å². The highest BCUT2D eigenvalue weighted by molar-refractivity contribution is 5.88. The van der Waals surface area contributed by atoms with Crippen LogP contribution in [0.2, 0.25) is 0 Å². The zero-order valence-electron chi connectivity index (χ0n) is 12.5. The minimum Gasteiger partial charge on any atom is -0.396 e. The van der Waals surface area contributed by atoms with Gasteiger partial charge in [0.1, 0.15) is 17.8 Å². The number of hydrogen-bond acceptors (Lipinski definition) is 5. The molecule has 3 rings (SSSR count). The number of amides is 1. The molecule has 1 atom stereocenters. The molecule has 3 N–H and O–H groups in total. The molecule has 1 amide bonds. The fraction of sp³-hybridized carbons (Fsp3) is 0.533. The van der Waals surface area contributed by atoms with Crippen molar-refractivity contribution in [2.24, 2.45) is 5.92 Å². The first-order valence-electron chi connectivity index (χ1n) is 7.71. The highest BCUT2D eigenvalue weighted by atomic mass is 16.3. The summed E-state index contributed by atoms with van der Waals surface area (Å²) in [7, 11) is 0. The van der Waals surface area contributed by atoms with Crippen molar-refractivity contribution < 1.29 is 9.90 Å². The number of aromatic nitrogens is 3. The van der Waals surface area contributed by atoms with Gasteiger partial charge < -0.3 is 20.3 Å². The van der Waals surface area contributed by atoms with Crippen molar-refractivity contribution in [2.45, 2.75) is 19.3 Å². The van der Waals surface area contributed by atoms with E-state index in [1.165, 1.54) is 0 Å². The van der Waals surface area contributed by atoms with E-state index in [1.807, 2.05) is 12.3 Å². The summed E-state index contributed by atoms with van der Waals surface area (Å²) in [6.07, 6.45) is 5.86. The van der Waals surface area contributed by atoms with Crippen molar-refractivity contribution in [3.63, 3.8) is 0 Å². The van der Waals surface area contributed by atoms with E-state index in [4.69, 9.17) is 5.11 Å². The summed E-state index contributed by atoms with van der Waals surface area (Å²) in [5.74, 6) is 0.924. The molecule has 1 unspecified atom stereocenters. The van der Waals surface area contributed by atoms with Crippen molar-refractivity contribution in [3.8, 4) is 0 Å². The van der Waals surface area contributed by atoms with E-state index in [0.29, 0.717) is 19.5 Å². The third-order valence-electron chi connectivity index (χ3n) is 4.06. The van der Waals surface area contributed by atoms with Crippen molar-refractivity contribution >= 4 is 22.8 Å². The largest absolute Gasteiger partial charge is 0.396 e. The average Bonchev–Trinajstić information content (AvgIpc) is 3.03. The molecule has 2 aromatic heterocycles. The van der Waals surface area contributed by atoms with Crippen molar-refractivity contribution in [1.82, 2.24) is 20.3 Å². The maximum Gasteiger partial charge on any atom is 0.224 e. The molecule has 1 fully saturated rings. The average molecular weight is 303 g/mol. The minimum absolute atomic E-state index is 0.0311. The molecule has 0 aliphatic carbocycles. The molecule has 0 aromatic carbocycles. The minimum atomic E-state index is -0.0311. The van der Waals surface area contributed by atoms with Gasteiger partial charge in [-0.05, 0) is 25.3 Å². The van der Waals surface area contributed by atoms with Crippen molar-refractivity contribution in [2.75, 3.05) is 31.1 Å². The quantitative estimate of drug-likeness (QED) is 0.706. The molecule has 118 valence electrons. The zero-order chi connectivity index (χ0) is 15.4. The number of carbonyl (C=O) groups excluding carboxylic acids is 1. The summed E-state index contributed by atoms with van der Waals surface area (Å²) >= 11 is 0. The van der Waals surface area contributed by atoms with Gasteiger partial charge in [-0.25, -0.2) is 9.97 Å². The smallest absolute Gasteiger partial charge is 0.224 e. The predicted octanol–water partition coefficient (Wildman–Crippen LogP) is 0.673. The first-order chi connectivity index (χ1) is 10.8. The lowest BCUT2D eigenvalue weighted by Crippen LogP contribution is -2.43. The Morgan fingerprint density at radius 1 is 1.50 bits per heavy atom. The third-order valence-corrected chi connectivity index (χ3v) is 4.06. The summed E-state index contributed by atoms with van der Waals surface area (Å²) in [6, 6.07) is 1.97. The normalized spacial score (nSPS) is 18.6. The monoisotopic (exact) mass is 303 g/mol. The highest BCUT2D eigenvalue weighted by Gasteiger charge is 2.27. The van der Waals surface area contributed by atoms with Crippen LogP contribution in [0.15, 0.2) is 18.6 Å². The van der Waals surface area contributed by atoms with Crippen molar-refractivity contribution in [1.29, 1.82) is 0 Å². The number of anilines is 1. The van der Waals surface area contributed by atoms with Gasteiger partial charge in [-0.15, -0.1) is 0 Å². The molecule has 7 nitrogen and oxygen atoms in total. The summed E-state index contributed by atoms with van der Waals surface area (Å²) < 4.78 is 0. The Morgan fingerprint density at radius 2 is 2.41 bits per heavy atom. The van der Waals surface area contributed by atoms with Gasteiger partial charge in [-0.1, -0.05) is 0 Å². The maximum absolute atomic E-state index is 12.2. The number of piperidine rings is 1. The van der Waals surface area contributed by atoms with Gasteiger partial charge >= 0.3 is 0 Å². The number of H-pyrrole nitrogens is 1. The van der Waals surface area contributed by atoms with E-state index >= 15 is 0 Å². The second-order valence-electron chi connectivity index (χ2n) is 5.59. The molecular formula is C15H21N5O2. The zero-order valence-corrected chi connectivity index (χ0v) is 12.5. The molecule has 1 saturated heterocycles. The van der Waals surface area contributed by atoms with Crippen LogP contribution in [0.25, 0.3) is 11.0 Å². The Morgan fingerprint density at radius 3 is 3.27 bits per heavy atom. The van der Waals surface area contributed by atoms with Crippen LogP contribution in [0.1, 0.15) is 19.3 Å². The van der Waals surface area contributed by atoms with Gasteiger partial charge in [0, 0.05) is 32.4 Å². The van der Waals surface area contributed by atoms with E-state index in [1.54, 1.807) is 6.33 Å². The van der Waals surface area contributed by atoms with Gasteiger partial charge in [0.05, 0.1) is 11.3 Å². The second kappa shape index (κ2) is 6.74. The Kier molecular flexibility index (Phi) is 4.53. The summed E-state index contributed by atoms with van der Waals surface area (Å²) in [5, 5.41) is 12.7. The molecule has 1 aliphatic rings. The molecule has 0 saturated carbocycles. The molecular weight excluding hydrogens is 282 g/mol. The summed E-state index contributed by atoms with van der Waals surface area (Å²) in [6.45, 7) is 2.20. The summed E-state index contributed by atoms with van der Waals surface area (Å²) in [4.78, 5) is 26.1. The van der Waals surface area contributed by atoms with Crippen molar-refractivity contribution in [3.05, 3.63) is 18.6 Å². The molecule has 0 radical (unpaired) electrons. The Bertz CT molecular complexity index is 642. The predicted molar refractivity (Wildman–Crippen MR) is 83.5 cm³/mol. The number of nitrogens with one attached hydrogen (secondary N) is 2. The van der Waals surface area contributed by atoms with Crippen LogP contribution in [0.3, 0.4) is 0 Å². The van der Waals surface area contributed by atoms with E-state index in [9.17, 15) is 4.79 Å². The Hall–Kier alpha value is -2.15.